The number of hydrogen-bond donors (Lipinski definition) is 0. The van der Waals surface area contributed by atoms with E-state index in [0.717, 1.165) is 15.6 Å². The maximum atomic E-state index is 8.95. The summed E-state index contributed by atoms with van der Waals surface area (Å²) in [6, 6.07) is 8.27. The normalized spacial score (nSPS) is 10.4. The third-order valence-electron chi connectivity index (χ3n) is 2.01. The summed E-state index contributed by atoms with van der Waals surface area (Å²) in [6.07, 6.45) is 0. The summed E-state index contributed by atoms with van der Waals surface area (Å²) in [5.74, 6) is 0. The highest BCUT2D eigenvalue weighted by molar-refractivity contribution is 14.1. The number of nitriles is 1. The van der Waals surface area contributed by atoms with Crippen molar-refractivity contribution in [3.05, 3.63) is 32.2 Å². The van der Waals surface area contributed by atoms with Crippen LogP contribution in [0.4, 0.5) is 0 Å². The maximum absolute atomic E-state index is 8.95. The Morgan fingerprint density at radius 1 is 1.50 bits per heavy atom. The molecule has 14 heavy (non-hydrogen) atoms. The van der Waals surface area contributed by atoms with Gasteiger partial charge in [0.15, 0.2) is 0 Å². The first-order valence-electron chi connectivity index (χ1n) is 3.93. The van der Waals surface area contributed by atoms with Crippen LogP contribution in [0.25, 0.3) is 10.1 Å². The van der Waals surface area contributed by atoms with Crippen molar-refractivity contribution >= 4 is 59.9 Å². The standard InChI is InChI=1S/C10H5BrINS/c11-4-6-1-2-7(5-13)10-8(6)3-9(12)14-10/h1-3H,4H2. The topological polar surface area (TPSA) is 23.8 Å². The van der Waals surface area contributed by atoms with Crippen LogP contribution < -0.4 is 0 Å². The van der Waals surface area contributed by atoms with Crippen molar-refractivity contribution in [2.45, 2.75) is 5.33 Å². The average molecular weight is 378 g/mol. The van der Waals surface area contributed by atoms with Gasteiger partial charge < -0.3 is 0 Å². The SMILES string of the molecule is N#Cc1ccc(CBr)c2cc(I)sc12. The summed E-state index contributed by atoms with van der Waals surface area (Å²) >= 11 is 7.42. The summed E-state index contributed by atoms with van der Waals surface area (Å²) in [6.45, 7) is 0. The minimum atomic E-state index is 0.776. The van der Waals surface area contributed by atoms with Crippen LogP contribution in [0.15, 0.2) is 18.2 Å². The fraction of sp³-hybridized carbons (Fsp3) is 0.100. The van der Waals surface area contributed by atoms with Crippen molar-refractivity contribution in [1.82, 2.24) is 0 Å². The lowest BCUT2D eigenvalue weighted by Gasteiger charge is -1.98. The molecule has 0 bridgehead atoms. The number of benzene rings is 1. The van der Waals surface area contributed by atoms with Crippen LogP contribution in [0.2, 0.25) is 0 Å². The predicted molar refractivity (Wildman–Crippen MR) is 71.9 cm³/mol. The van der Waals surface area contributed by atoms with Gasteiger partial charge in [-0.1, -0.05) is 22.0 Å². The molecule has 1 nitrogen and oxygen atoms in total. The van der Waals surface area contributed by atoms with E-state index < -0.39 is 0 Å². The van der Waals surface area contributed by atoms with Crippen molar-refractivity contribution < 1.29 is 0 Å². The first kappa shape index (κ1) is 10.4. The summed E-state index contributed by atoms with van der Waals surface area (Å²) in [7, 11) is 0. The van der Waals surface area contributed by atoms with Crippen molar-refractivity contribution in [2.75, 3.05) is 0 Å². The molecule has 0 aliphatic rings. The molecule has 1 heterocycles. The van der Waals surface area contributed by atoms with Gasteiger partial charge in [0.25, 0.3) is 0 Å². The zero-order valence-electron chi connectivity index (χ0n) is 7.05. The highest BCUT2D eigenvalue weighted by Crippen LogP contribution is 2.32. The highest BCUT2D eigenvalue weighted by atomic mass is 127. The lowest BCUT2D eigenvalue weighted by Crippen LogP contribution is -1.81. The van der Waals surface area contributed by atoms with E-state index in [4.69, 9.17) is 5.26 Å². The summed E-state index contributed by atoms with van der Waals surface area (Å²) in [4.78, 5) is 0. The maximum Gasteiger partial charge on any atom is 0.101 e. The Morgan fingerprint density at radius 3 is 2.93 bits per heavy atom. The minimum absolute atomic E-state index is 0.776. The van der Waals surface area contributed by atoms with Gasteiger partial charge in [0.1, 0.15) is 6.07 Å². The molecule has 0 atom stereocenters. The van der Waals surface area contributed by atoms with E-state index in [1.807, 2.05) is 12.1 Å². The van der Waals surface area contributed by atoms with Crippen molar-refractivity contribution in [2.24, 2.45) is 0 Å². The molecular formula is C10H5BrINS. The number of thiophene rings is 1. The molecule has 0 fully saturated rings. The molecule has 0 N–H and O–H groups in total. The first-order chi connectivity index (χ1) is 6.76. The van der Waals surface area contributed by atoms with Crippen LogP contribution >= 0.6 is 49.9 Å². The average Bonchev–Trinajstić information content (AvgIpc) is 2.57. The number of fused-ring (bicyclic) bond motifs is 1. The second-order valence-electron chi connectivity index (χ2n) is 2.81. The van der Waals surface area contributed by atoms with E-state index in [-0.39, 0.29) is 0 Å². The van der Waals surface area contributed by atoms with Crippen molar-refractivity contribution in [3.63, 3.8) is 0 Å². The molecule has 70 valence electrons. The minimum Gasteiger partial charge on any atom is -0.192 e. The van der Waals surface area contributed by atoms with Gasteiger partial charge in [-0.05, 0) is 45.7 Å². The monoisotopic (exact) mass is 377 g/mol. The van der Waals surface area contributed by atoms with Crippen LogP contribution in [-0.4, -0.2) is 0 Å². The summed E-state index contributed by atoms with van der Waals surface area (Å²) in [5, 5.41) is 11.0. The second-order valence-corrected chi connectivity index (χ2v) is 6.32. The Bertz CT molecular complexity index is 527. The molecule has 0 spiro atoms. The molecule has 0 saturated heterocycles. The molecule has 2 rings (SSSR count). The Kier molecular flexibility index (Phi) is 3.10. The van der Waals surface area contributed by atoms with E-state index in [1.54, 1.807) is 11.3 Å². The lowest BCUT2D eigenvalue weighted by molar-refractivity contribution is 1.47. The van der Waals surface area contributed by atoms with E-state index >= 15 is 0 Å². The smallest absolute Gasteiger partial charge is 0.101 e. The fourth-order valence-corrected chi connectivity index (χ4v) is 3.71. The quantitative estimate of drug-likeness (QED) is 0.537. The Balaban J connectivity index is 2.86. The number of hydrogen-bond acceptors (Lipinski definition) is 2. The van der Waals surface area contributed by atoms with E-state index in [2.05, 4.69) is 50.7 Å². The lowest BCUT2D eigenvalue weighted by atomic mass is 10.1. The zero-order valence-corrected chi connectivity index (χ0v) is 11.6. The first-order valence-corrected chi connectivity index (χ1v) is 6.95. The van der Waals surface area contributed by atoms with E-state index in [1.165, 1.54) is 13.8 Å². The van der Waals surface area contributed by atoms with Gasteiger partial charge >= 0.3 is 0 Å². The Morgan fingerprint density at radius 2 is 2.29 bits per heavy atom. The predicted octanol–water partition coefficient (Wildman–Crippen LogP) is 4.27. The van der Waals surface area contributed by atoms with E-state index in [0.29, 0.717) is 0 Å². The molecular weight excluding hydrogens is 373 g/mol. The number of halogens is 2. The third-order valence-corrected chi connectivity index (χ3v) is 4.54. The third kappa shape index (κ3) is 1.69. The molecule has 1 aromatic heterocycles. The molecule has 0 aliphatic heterocycles. The van der Waals surface area contributed by atoms with Gasteiger partial charge in [-0.3, -0.25) is 0 Å². The van der Waals surface area contributed by atoms with Crippen molar-refractivity contribution in [1.29, 1.82) is 5.26 Å². The summed E-state index contributed by atoms with van der Waals surface area (Å²) < 4.78 is 2.33. The molecule has 0 amide bonds. The van der Waals surface area contributed by atoms with Crippen LogP contribution in [0.3, 0.4) is 0 Å². The van der Waals surface area contributed by atoms with Gasteiger partial charge in [0.2, 0.25) is 0 Å². The fourth-order valence-electron chi connectivity index (χ4n) is 1.35. The number of nitrogens with zero attached hydrogens (tertiary/aromatic N) is 1. The Hall–Kier alpha value is -0.120. The Labute approximate surface area is 108 Å². The van der Waals surface area contributed by atoms with Gasteiger partial charge in [0.05, 0.1) is 13.1 Å². The van der Waals surface area contributed by atoms with Crippen LogP contribution in [0.5, 0.6) is 0 Å². The van der Waals surface area contributed by atoms with Crippen LogP contribution in [0.1, 0.15) is 11.1 Å². The summed E-state index contributed by atoms with van der Waals surface area (Å²) in [5.41, 5.74) is 2.02. The highest BCUT2D eigenvalue weighted by Gasteiger charge is 2.08. The second kappa shape index (κ2) is 4.17. The molecule has 0 saturated carbocycles. The van der Waals surface area contributed by atoms with Crippen LogP contribution in [0, 0.1) is 14.2 Å². The number of rotatable bonds is 1. The van der Waals surface area contributed by atoms with Crippen LogP contribution in [-0.2, 0) is 5.33 Å². The van der Waals surface area contributed by atoms with Crippen molar-refractivity contribution in [3.8, 4) is 6.07 Å². The van der Waals surface area contributed by atoms with Gasteiger partial charge in [-0.15, -0.1) is 11.3 Å². The van der Waals surface area contributed by atoms with Gasteiger partial charge in [0, 0.05) is 5.33 Å². The molecule has 0 radical (unpaired) electrons. The van der Waals surface area contributed by atoms with Gasteiger partial charge in [-0.25, -0.2) is 0 Å². The molecule has 0 aliphatic carbocycles. The molecule has 0 unspecified atom stereocenters. The zero-order chi connectivity index (χ0) is 10.1. The van der Waals surface area contributed by atoms with E-state index in [9.17, 15) is 0 Å². The molecule has 4 heteroatoms. The largest absolute Gasteiger partial charge is 0.192 e. The van der Waals surface area contributed by atoms with Gasteiger partial charge in [-0.2, -0.15) is 5.26 Å². The number of alkyl halides is 1. The molecule has 1 aromatic carbocycles. The molecule has 2 aromatic rings.